The number of para-hydroxylation sites is 1. The fourth-order valence-electron chi connectivity index (χ4n) is 2.80. The van der Waals surface area contributed by atoms with Gasteiger partial charge in [-0.05, 0) is 30.9 Å². The molecule has 2 rings (SSSR count). The van der Waals surface area contributed by atoms with Crippen molar-refractivity contribution in [3.8, 4) is 0 Å². The van der Waals surface area contributed by atoms with Gasteiger partial charge in [-0.15, -0.1) is 0 Å². The number of aryl methyl sites for hydroxylation is 2. The highest BCUT2D eigenvalue weighted by Crippen LogP contribution is 2.30. The number of benzene rings is 2. The van der Waals surface area contributed by atoms with Crippen molar-refractivity contribution in [2.45, 2.75) is 33.6 Å². The van der Waals surface area contributed by atoms with E-state index in [1.807, 2.05) is 32.0 Å². The lowest BCUT2D eigenvalue weighted by Gasteiger charge is -2.15. The van der Waals surface area contributed by atoms with Crippen molar-refractivity contribution in [3.63, 3.8) is 0 Å². The molecule has 0 fully saturated rings. The van der Waals surface area contributed by atoms with Crippen LogP contribution in [-0.4, -0.2) is 15.8 Å². The molecule has 0 radical (unpaired) electrons. The molecule has 8 nitrogen and oxygen atoms in total. The van der Waals surface area contributed by atoms with Gasteiger partial charge in [-0.3, -0.25) is 25.0 Å². The smallest absolute Gasteiger partial charge is 0.279 e. The summed E-state index contributed by atoms with van der Waals surface area (Å²) in [6.07, 6.45) is 1.38. The number of carbonyl (C=O) groups is 1. The van der Waals surface area contributed by atoms with Crippen LogP contribution in [-0.2, 0) is 12.8 Å². The third-order valence-electron chi connectivity index (χ3n) is 4.25. The molecule has 8 heteroatoms. The third kappa shape index (κ3) is 3.69. The minimum atomic E-state index is -0.749. The van der Waals surface area contributed by atoms with E-state index >= 15 is 0 Å². The Balaban J connectivity index is 2.55. The van der Waals surface area contributed by atoms with Gasteiger partial charge in [-0.2, -0.15) is 0 Å². The molecule has 0 aliphatic heterocycles. The maximum atomic E-state index is 12.8. The number of amides is 1. The average Bonchev–Trinajstić information content (AvgIpc) is 2.61. The summed E-state index contributed by atoms with van der Waals surface area (Å²) in [6, 6.07) is 7.60. The van der Waals surface area contributed by atoms with Gasteiger partial charge in [0.1, 0.15) is 0 Å². The number of rotatable bonds is 6. The highest BCUT2D eigenvalue weighted by molar-refractivity contribution is 6.07. The van der Waals surface area contributed by atoms with Crippen LogP contribution in [0.2, 0.25) is 0 Å². The number of hydrogen-bond acceptors (Lipinski definition) is 5. The number of non-ortho nitro benzene ring substituents is 1. The van der Waals surface area contributed by atoms with Gasteiger partial charge in [0.25, 0.3) is 17.3 Å². The molecule has 26 heavy (non-hydrogen) atoms. The van der Waals surface area contributed by atoms with Crippen molar-refractivity contribution >= 4 is 23.0 Å². The van der Waals surface area contributed by atoms with Crippen molar-refractivity contribution in [1.29, 1.82) is 0 Å². The SMILES string of the molecule is CCc1cccc(CC)c1NC(=O)c1cc([N+](=O)[O-])cc([N+](=O)[O-])c1C. The summed E-state index contributed by atoms with van der Waals surface area (Å²) in [4.78, 5) is 33.5. The van der Waals surface area contributed by atoms with Crippen LogP contribution in [0.3, 0.4) is 0 Å². The quantitative estimate of drug-likeness (QED) is 0.615. The fraction of sp³-hybridized carbons (Fsp3) is 0.278. The molecule has 0 saturated heterocycles. The van der Waals surface area contributed by atoms with Crippen molar-refractivity contribution in [2.75, 3.05) is 5.32 Å². The van der Waals surface area contributed by atoms with Gasteiger partial charge in [-0.25, -0.2) is 0 Å². The van der Waals surface area contributed by atoms with E-state index in [1.54, 1.807) is 0 Å². The lowest BCUT2D eigenvalue weighted by molar-refractivity contribution is -0.394. The van der Waals surface area contributed by atoms with E-state index in [0.717, 1.165) is 23.3 Å². The van der Waals surface area contributed by atoms with Crippen LogP contribution in [0, 0.1) is 27.2 Å². The Kier molecular flexibility index (Phi) is 5.66. The minimum Gasteiger partial charge on any atom is -0.321 e. The molecule has 0 saturated carbocycles. The van der Waals surface area contributed by atoms with E-state index in [4.69, 9.17) is 0 Å². The highest BCUT2D eigenvalue weighted by Gasteiger charge is 2.25. The molecule has 0 bridgehead atoms. The second kappa shape index (κ2) is 7.73. The van der Waals surface area contributed by atoms with Gasteiger partial charge in [-0.1, -0.05) is 32.0 Å². The van der Waals surface area contributed by atoms with Crippen molar-refractivity contribution in [2.24, 2.45) is 0 Å². The summed E-state index contributed by atoms with van der Waals surface area (Å²) in [5.74, 6) is -0.607. The molecule has 2 aromatic rings. The van der Waals surface area contributed by atoms with Crippen LogP contribution >= 0.6 is 0 Å². The predicted octanol–water partition coefficient (Wildman–Crippen LogP) is 4.19. The number of nitro benzene ring substituents is 2. The first kappa shape index (κ1) is 19.0. The van der Waals surface area contributed by atoms with Crippen molar-refractivity contribution in [3.05, 3.63) is 72.8 Å². The first-order valence-electron chi connectivity index (χ1n) is 8.15. The monoisotopic (exact) mass is 357 g/mol. The third-order valence-corrected chi connectivity index (χ3v) is 4.25. The molecule has 1 N–H and O–H groups in total. The van der Waals surface area contributed by atoms with Crippen LogP contribution in [0.5, 0.6) is 0 Å². The molecule has 0 unspecified atom stereocenters. The number of hydrogen-bond donors (Lipinski definition) is 1. The number of nitrogens with one attached hydrogen (secondary N) is 1. The highest BCUT2D eigenvalue weighted by atomic mass is 16.6. The number of carbonyl (C=O) groups excluding carboxylic acids is 1. The normalized spacial score (nSPS) is 10.4. The summed E-state index contributed by atoms with van der Waals surface area (Å²) in [5, 5.41) is 25.0. The number of nitro groups is 2. The van der Waals surface area contributed by atoms with Gasteiger partial charge in [0.2, 0.25) is 0 Å². The zero-order chi connectivity index (χ0) is 19.4. The van der Waals surface area contributed by atoms with Gasteiger partial charge >= 0.3 is 0 Å². The standard InChI is InChI=1S/C18H19N3O5/c1-4-12-7-6-8-13(5-2)17(12)19-18(22)15-9-14(20(23)24)10-16(11(15)3)21(25)26/h6-10H,4-5H2,1-3H3,(H,19,22). The van der Waals surface area contributed by atoms with Gasteiger partial charge in [0, 0.05) is 17.3 Å². The minimum absolute atomic E-state index is 0.0844. The summed E-state index contributed by atoms with van der Waals surface area (Å²) >= 11 is 0. The van der Waals surface area contributed by atoms with Crippen LogP contribution in [0.1, 0.15) is 40.9 Å². The molecule has 0 aliphatic rings. The lowest BCUT2D eigenvalue weighted by Crippen LogP contribution is -2.17. The number of nitrogens with zero attached hydrogens (tertiary/aromatic N) is 2. The lowest BCUT2D eigenvalue weighted by atomic mass is 10.0. The Hall–Kier alpha value is -3.29. The maximum Gasteiger partial charge on any atom is 0.279 e. The summed E-state index contributed by atoms with van der Waals surface area (Å²) in [7, 11) is 0. The van der Waals surface area contributed by atoms with Crippen molar-refractivity contribution < 1.29 is 14.6 Å². The predicted molar refractivity (Wildman–Crippen MR) is 97.6 cm³/mol. The molecule has 2 aromatic carbocycles. The van der Waals surface area contributed by atoms with Crippen molar-refractivity contribution in [1.82, 2.24) is 0 Å². The molecule has 0 aromatic heterocycles. The second-order valence-corrected chi connectivity index (χ2v) is 5.76. The largest absolute Gasteiger partial charge is 0.321 e. The Labute approximate surface area is 150 Å². The van der Waals surface area contributed by atoms with E-state index in [0.29, 0.717) is 18.5 Å². The zero-order valence-corrected chi connectivity index (χ0v) is 14.7. The first-order chi connectivity index (χ1) is 12.3. The Morgan fingerprint density at radius 2 is 1.62 bits per heavy atom. The van der Waals surface area contributed by atoms with Gasteiger partial charge < -0.3 is 5.32 Å². The summed E-state index contributed by atoms with van der Waals surface area (Å²) < 4.78 is 0. The van der Waals surface area contributed by atoms with E-state index < -0.39 is 27.1 Å². The zero-order valence-electron chi connectivity index (χ0n) is 14.7. The molecular weight excluding hydrogens is 338 g/mol. The van der Waals surface area contributed by atoms with Gasteiger partial charge in [0.15, 0.2) is 0 Å². The molecular formula is C18H19N3O5. The Bertz CT molecular complexity index is 870. The van der Waals surface area contributed by atoms with Crippen LogP contribution < -0.4 is 5.32 Å². The van der Waals surface area contributed by atoms with E-state index in [1.165, 1.54) is 6.92 Å². The van der Waals surface area contributed by atoms with Crippen LogP contribution in [0.4, 0.5) is 17.1 Å². The van der Waals surface area contributed by atoms with E-state index in [9.17, 15) is 25.0 Å². The molecule has 1 amide bonds. The first-order valence-corrected chi connectivity index (χ1v) is 8.15. The van der Waals surface area contributed by atoms with E-state index in [2.05, 4.69) is 5.32 Å². The molecule has 0 heterocycles. The fourth-order valence-corrected chi connectivity index (χ4v) is 2.80. The topological polar surface area (TPSA) is 115 Å². The van der Waals surface area contributed by atoms with Gasteiger partial charge in [0.05, 0.1) is 21.5 Å². The maximum absolute atomic E-state index is 12.8. The molecule has 136 valence electrons. The van der Waals surface area contributed by atoms with E-state index in [-0.39, 0.29) is 11.1 Å². The van der Waals surface area contributed by atoms with Crippen LogP contribution in [0.25, 0.3) is 0 Å². The second-order valence-electron chi connectivity index (χ2n) is 5.76. The number of anilines is 1. The summed E-state index contributed by atoms with van der Waals surface area (Å²) in [6.45, 7) is 5.31. The molecule has 0 aliphatic carbocycles. The molecule has 0 spiro atoms. The Morgan fingerprint density at radius 1 is 1.04 bits per heavy atom. The van der Waals surface area contributed by atoms with Crippen LogP contribution in [0.15, 0.2) is 30.3 Å². The Morgan fingerprint density at radius 3 is 2.08 bits per heavy atom. The average molecular weight is 357 g/mol. The molecule has 0 atom stereocenters. The summed E-state index contributed by atoms with van der Waals surface area (Å²) in [5.41, 5.74) is 1.56.